The number of nitrogens with one attached hydrogen (secondary N) is 1. The molecule has 0 bridgehead atoms. The van der Waals surface area contributed by atoms with E-state index in [1.807, 2.05) is 4.90 Å². The molecule has 0 unspecified atom stereocenters. The van der Waals surface area contributed by atoms with Gasteiger partial charge in [0.1, 0.15) is 5.75 Å². The number of H-pyrrole nitrogens is 1. The Morgan fingerprint density at radius 1 is 1.03 bits per heavy atom. The van der Waals surface area contributed by atoms with E-state index >= 15 is 0 Å². The lowest BCUT2D eigenvalue weighted by molar-refractivity contribution is -0.139. The van der Waals surface area contributed by atoms with Crippen molar-refractivity contribution < 1.29 is 23.9 Å². The largest absolute Gasteiger partial charge is 0.484 e. The number of likely N-dealkylation sites (tertiary alicyclic amines) is 1. The number of piperidine rings is 1. The molecule has 0 aliphatic carbocycles. The molecule has 2 atom stereocenters. The van der Waals surface area contributed by atoms with Gasteiger partial charge in [-0.2, -0.15) is 0 Å². The number of Topliss-reactive ketones (excluding diaryl/α,β-unsaturated/α-hetero) is 1. The average Bonchev–Trinajstić information content (AvgIpc) is 3.25. The van der Waals surface area contributed by atoms with Crippen LogP contribution < -0.4 is 4.74 Å². The number of aromatic nitrogens is 1. The van der Waals surface area contributed by atoms with E-state index in [1.54, 1.807) is 42.6 Å². The second kappa shape index (κ2) is 9.41. The summed E-state index contributed by atoms with van der Waals surface area (Å²) in [5.74, 6) is -0.433. The predicted molar refractivity (Wildman–Crippen MR) is 107 cm³/mol. The van der Waals surface area contributed by atoms with Gasteiger partial charge in [0.15, 0.2) is 13.2 Å². The molecule has 1 N–H and O–H groups in total. The van der Waals surface area contributed by atoms with Gasteiger partial charge in [0.05, 0.1) is 11.3 Å². The quantitative estimate of drug-likeness (QED) is 0.571. The van der Waals surface area contributed by atoms with Gasteiger partial charge in [-0.3, -0.25) is 9.59 Å². The van der Waals surface area contributed by atoms with Crippen LogP contribution in [0.3, 0.4) is 0 Å². The molecule has 1 aliphatic rings. The van der Waals surface area contributed by atoms with Crippen LogP contribution in [0.2, 0.25) is 0 Å². The monoisotopic (exact) mass is 398 g/mol. The van der Waals surface area contributed by atoms with Gasteiger partial charge >= 0.3 is 5.97 Å². The summed E-state index contributed by atoms with van der Waals surface area (Å²) in [7, 11) is 0. The molecule has 0 radical (unpaired) electrons. The fraction of sp³-hybridized carbons (Fsp3) is 0.409. The first kappa shape index (κ1) is 20.6. The first-order chi connectivity index (χ1) is 14.0. The Hall–Kier alpha value is -3.09. The van der Waals surface area contributed by atoms with Crippen LogP contribution in [0.4, 0.5) is 0 Å². The summed E-state index contributed by atoms with van der Waals surface area (Å²) < 4.78 is 10.6. The summed E-state index contributed by atoms with van der Waals surface area (Å²) in [6, 6.07) is 10.1. The molecular formula is C22H26N2O5. The number of rotatable bonds is 7. The molecule has 1 aliphatic heterocycles. The third-order valence-electron chi connectivity index (χ3n) is 5.17. The van der Waals surface area contributed by atoms with Crippen molar-refractivity contribution in [1.29, 1.82) is 0 Å². The highest BCUT2D eigenvalue weighted by Crippen LogP contribution is 2.23. The van der Waals surface area contributed by atoms with E-state index in [0.29, 0.717) is 17.0 Å². The van der Waals surface area contributed by atoms with E-state index < -0.39 is 5.97 Å². The SMILES string of the molecule is C[C@H]1CCC[C@H](C)N1C(=O)COc1ccc(C(=O)OCC(=O)c2ccc[nH]2)cc1. The van der Waals surface area contributed by atoms with Gasteiger partial charge in [-0.05, 0) is 69.5 Å². The Labute approximate surface area is 170 Å². The third-order valence-corrected chi connectivity index (χ3v) is 5.17. The number of carbonyl (C=O) groups is 3. The Balaban J connectivity index is 1.48. The number of aromatic amines is 1. The lowest BCUT2D eigenvalue weighted by atomic mass is 9.97. The molecule has 7 nitrogen and oxygen atoms in total. The van der Waals surface area contributed by atoms with Crippen LogP contribution in [0.1, 0.15) is 54.0 Å². The van der Waals surface area contributed by atoms with Crippen molar-refractivity contribution in [3.8, 4) is 5.75 Å². The molecule has 2 heterocycles. The maximum absolute atomic E-state index is 12.5. The number of ether oxygens (including phenoxy) is 2. The van der Waals surface area contributed by atoms with Crippen molar-refractivity contribution in [1.82, 2.24) is 9.88 Å². The Kier molecular flexibility index (Phi) is 6.69. The topological polar surface area (TPSA) is 88.7 Å². The first-order valence-electron chi connectivity index (χ1n) is 9.83. The number of nitrogens with zero attached hydrogens (tertiary/aromatic N) is 1. The zero-order valence-electron chi connectivity index (χ0n) is 16.7. The van der Waals surface area contributed by atoms with E-state index in [9.17, 15) is 14.4 Å². The number of hydrogen-bond donors (Lipinski definition) is 1. The van der Waals surface area contributed by atoms with Gasteiger partial charge < -0.3 is 19.4 Å². The van der Waals surface area contributed by atoms with Crippen molar-refractivity contribution in [3.63, 3.8) is 0 Å². The van der Waals surface area contributed by atoms with Crippen molar-refractivity contribution >= 4 is 17.7 Å². The highest BCUT2D eigenvalue weighted by Gasteiger charge is 2.29. The lowest BCUT2D eigenvalue weighted by Crippen LogP contribution is -2.49. The van der Waals surface area contributed by atoms with Crippen molar-refractivity contribution in [3.05, 3.63) is 53.9 Å². The van der Waals surface area contributed by atoms with Gasteiger partial charge in [-0.1, -0.05) is 0 Å². The number of esters is 1. The fourth-order valence-electron chi connectivity index (χ4n) is 3.62. The first-order valence-corrected chi connectivity index (χ1v) is 9.83. The Morgan fingerprint density at radius 2 is 1.72 bits per heavy atom. The molecule has 1 aromatic heterocycles. The number of hydrogen-bond acceptors (Lipinski definition) is 5. The van der Waals surface area contributed by atoms with Crippen LogP contribution >= 0.6 is 0 Å². The van der Waals surface area contributed by atoms with Gasteiger partial charge in [0.25, 0.3) is 5.91 Å². The minimum absolute atomic E-state index is 0.0315. The Morgan fingerprint density at radius 3 is 2.34 bits per heavy atom. The van der Waals surface area contributed by atoms with Gasteiger partial charge in [-0.25, -0.2) is 4.79 Å². The van der Waals surface area contributed by atoms with Crippen LogP contribution in [0.15, 0.2) is 42.6 Å². The van der Waals surface area contributed by atoms with Crippen LogP contribution in [0, 0.1) is 0 Å². The van der Waals surface area contributed by atoms with Crippen LogP contribution in [0.25, 0.3) is 0 Å². The molecule has 1 amide bonds. The Bertz CT molecular complexity index is 835. The maximum Gasteiger partial charge on any atom is 0.338 e. The molecular weight excluding hydrogens is 372 g/mol. The van der Waals surface area contributed by atoms with Gasteiger partial charge in [-0.15, -0.1) is 0 Å². The summed E-state index contributed by atoms with van der Waals surface area (Å²) in [5.41, 5.74) is 0.699. The number of carbonyl (C=O) groups excluding carboxylic acids is 3. The summed E-state index contributed by atoms with van der Waals surface area (Å²) in [6.07, 6.45) is 4.80. The predicted octanol–water partition coefficient (Wildman–Crippen LogP) is 3.22. The summed E-state index contributed by atoms with van der Waals surface area (Å²) in [5, 5.41) is 0. The molecule has 2 aromatic rings. The van der Waals surface area contributed by atoms with Crippen molar-refractivity contribution in [2.75, 3.05) is 13.2 Å². The number of ketones is 1. The molecule has 1 saturated heterocycles. The number of benzene rings is 1. The van der Waals surface area contributed by atoms with Crippen LogP contribution in [-0.4, -0.2) is 52.8 Å². The summed E-state index contributed by atoms with van der Waals surface area (Å²) in [4.78, 5) is 41.1. The van der Waals surface area contributed by atoms with Crippen LogP contribution in [-0.2, 0) is 9.53 Å². The summed E-state index contributed by atoms with van der Waals surface area (Å²) in [6.45, 7) is 3.75. The molecule has 3 rings (SSSR count). The average molecular weight is 398 g/mol. The van der Waals surface area contributed by atoms with Crippen LogP contribution in [0.5, 0.6) is 5.75 Å². The zero-order valence-corrected chi connectivity index (χ0v) is 16.7. The molecule has 0 saturated carbocycles. The maximum atomic E-state index is 12.5. The summed E-state index contributed by atoms with van der Waals surface area (Å²) >= 11 is 0. The third kappa shape index (κ3) is 5.25. The highest BCUT2D eigenvalue weighted by molar-refractivity contribution is 5.98. The minimum atomic E-state index is -0.594. The number of amides is 1. The molecule has 154 valence electrons. The smallest absolute Gasteiger partial charge is 0.338 e. The van der Waals surface area contributed by atoms with E-state index in [-0.39, 0.29) is 37.0 Å². The van der Waals surface area contributed by atoms with E-state index in [2.05, 4.69) is 18.8 Å². The van der Waals surface area contributed by atoms with E-state index in [4.69, 9.17) is 9.47 Å². The van der Waals surface area contributed by atoms with Gasteiger partial charge in [0.2, 0.25) is 5.78 Å². The second-order valence-electron chi connectivity index (χ2n) is 7.33. The standard InChI is InChI=1S/C22H26N2O5/c1-15-5-3-6-16(2)24(15)21(26)14-28-18-10-8-17(9-11-18)22(27)29-13-20(25)19-7-4-12-23-19/h4,7-12,15-16,23H,3,5-6,13-14H2,1-2H3/t15-,16-/m0/s1. The molecule has 29 heavy (non-hydrogen) atoms. The zero-order chi connectivity index (χ0) is 20.8. The molecule has 0 spiro atoms. The highest BCUT2D eigenvalue weighted by atomic mass is 16.5. The van der Waals surface area contributed by atoms with Crippen molar-refractivity contribution in [2.24, 2.45) is 0 Å². The van der Waals surface area contributed by atoms with E-state index in [1.165, 1.54) is 0 Å². The molecule has 7 heteroatoms. The minimum Gasteiger partial charge on any atom is -0.484 e. The van der Waals surface area contributed by atoms with Gasteiger partial charge in [0, 0.05) is 18.3 Å². The molecule has 1 fully saturated rings. The van der Waals surface area contributed by atoms with Crippen molar-refractivity contribution in [2.45, 2.75) is 45.2 Å². The molecule has 1 aromatic carbocycles. The lowest BCUT2D eigenvalue weighted by Gasteiger charge is -2.38. The fourth-order valence-corrected chi connectivity index (χ4v) is 3.62. The normalized spacial score (nSPS) is 18.9. The van der Waals surface area contributed by atoms with E-state index in [0.717, 1.165) is 19.3 Å². The second-order valence-corrected chi connectivity index (χ2v) is 7.33.